The molecule has 164 valence electrons. The van der Waals surface area contributed by atoms with Gasteiger partial charge in [-0.2, -0.15) is 0 Å². The molecule has 32 heavy (non-hydrogen) atoms. The zero-order valence-electron chi connectivity index (χ0n) is 16.2. The lowest BCUT2D eigenvalue weighted by Gasteiger charge is -2.12. The molecule has 4 N–H and O–H groups in total. The van der Waals surface area contributed by atoms with Crippen LogP contribution in [0.2, 0.25) is 0 Å². The number of nitro groups is 1. The molecule has 0 aliphatic heterocycles. The van der Waals surface area contributed by atoms with Gasteiger partial charge in [-0.1, -0.05) is 34.1 Å². The monoisotopic (exact) mass is 501 g/mol. The van der Waals surface area contributed by atoms with E-state index in [0.29, 0.717) is 11.3 Å². The normalized spacial score (nSPS) is 10.0. The number of nitrogens with one attached hydrogen (secondary N) is 4. The van der Waals surface area contributed by atoms with E-state index in [2.05, 4.69) is 47.6 Å². The van der Waals surface area contributed by atoms with Gasteiger partial charge < -0.3 is 4.74 Å². The number of nitrogens with zero attached hydrogens (tertiary/aromatic N) is 3. The van der Waals surface area contributed by atoms with Crippen LogP contribution in [0.15, 0.2) is 65.4 Å². The zero-order valence-corrected chi connectivity index (χ0v) is 17.8. The smallest absolute Gasteiger partial charge is 0.356 e. The number of aromatic nitrogens is 2. The second-order valence-electron chi connectivity index (χ2n) is 6.04. The Hall–Kier alpha value is -4.26. The van der Waals surface area contributed by atoms with Gasteiger partial charge in [-0.15, -0.1) is 0 Å². The molecular formula is C19H16BrN7O5. The summed E-state index contributed by atoms with van der Waals surface area (Å²) in [5, 5.41) is 11.5. The van der Waals surface area contributed by atoms with Gasteiger partial charge in [0.2, 0.25) is 11.6 Å². The Kier molecular flexibility index (Phi) is 7.48. The summed E-state index contributed by atoms with van der Waals surface area (Å²) in [4.78, 5) is 42.5. The predicted molar refractivity (Wildman–Crippen MR) is 118 cm³/mol. The third-order valence-corrected chi connectivity index (χ3v) is 4.37. The van der Waals surface area contributed by atoms with Crippen molar-refractivity contribution >= 4 is 45.1 Å². The van der Waals surface area contributed by atoms with Gasteiger partial charge in [0.1, 0.15) is 12.1 Å². The Morgan fingerprint density at radius 1 is 0.969 bits per heavy atom. The van der Waals surface area contributed by atoms with E-state index in [1.807, 2.05) is 0 Å². The van der Waals surface area contributed by atoms with Crippen LogP contribution >= 0.6 is 15.9 Å². The van der Waals surface area contributed by atoms with Crippen LogP contribution in [0.3, 0.4) is 0 Å². The fourth-order valence-electron chi connectivity index (χ4n) is 2.35. The number of rotatable bonds is 9. The number of carbonyl (C=O) groups excluding carboxylic acids is 2. The quantitative estimate of drug-likeness (QED) is 0.255. The largest absolute Gasteiger partial charge is 0.484 e. The molecule has 0 fully saturated rings. The van der Waals surface area contributed by atoms with Crippen molar-refractivity contribution in [2.75, 3.05) is 17.5 Å². The molecule has 2 aromatic carbocycles. The van der Waals surface area contributed by atoms with Gasteiger partial charge >= 0.3 is 5.69 Å². The number of halogens is 1. The molecule has 1 heterocycles. The summed E-state index contributed by atoms with van der Waals surface area (Å²) < 4.78 is 6.08. The zero-order chi connectivity index (χ0) is 22.9. The molecule has 0 bridgehead atoms. The number of hydrogen-bond donors (Lipinski definition) is 4. The molecule has 0 saturated heterocycles. The number of anilines is 2. The van der Waals surface area contributed by atoms with E-state index in [0.717, 1.165) is 10.8 Å². The van der Waals surface area contributed by atoms with Gasteiger partial charge in [0.05, 0.1) is 4.92 Å². The van der Waals surface area contributed by atoms with E-state index in [1.54, 1.807) is 54.6 Å². The van der Waals surface area contributed by atoms with Crippen LogP contribution in [-0.2, 0) is 4.79 Å². The van der Waals surface area contributed by atoms with Gasteiger partial charge in [-0.3, -0.25) is 41.4 Å². The first kappa shape index (κ1) is 22.4. The molecule has 0 unspecified atom stereocenters. The minimum absolute atomic E-state index is 0.284. The van der Waals surface area contributed by atoms with E-state index in [1.165, 1.54) is 0 Å². The molecular weight excluding hydrogens is 486 g/mol. The molecule has 0 spiro atoms. The maximum Gasteiger partial charge on any atom is 0.356 e. The highest BCUT2D eigenvalue weighted by Gasteiger charge is 2.24. The van der Waals surface area contributed by atoms with Crippen LogP contribution in [0, 0.1) is 10.1 Å². The van der Waals surface area contributed by atoms with Crippen molar-refractivity contribution in [3.63, 3.8) is 0 Å². The van der Waals surface area contributed by atoms with Gasteiger partial charge in [-0.25, -0.2) is 9.97 Å². The lowest BCUT2D eigenvalue weighted by molar-refractivity contribution is -0.383. The van der Waals surface area contributed by atoms with Gasteiger partial charge in [0.25, 0.3) is 11.8 Å². The highest BCUT2D eigenvalue weighted by molar-refractivity contribution is 9.10. The fourth-order valence-corrected chi connectivity index (χ4v) is 2.62. The molecule has 3 aromatic rings. The van der Waals surface area contributed by atoms with E-state index in [4.69, 9.17) is 4.74 Å². The number of ether oxygens (including phenoxy) is 1. The van der Waals surface area contributed by atoms with Crippen LogP contribution in [0.25, 0.3) is 0 Å². The van der Waals surface area contributed by atoms with Crippen molar-refractivity contribution in [2.24, 2.45) is 0 Å². The number of hydrazine groups is 2. The first-order valence-electron chi connectivity index (χ1n) is 8.98. The molecule has 13 heteroatoms. The lowest BCUT2D eigenvalue weighted by atomic mass is 10.2. The van der Waals surface area contributed by atoms with E-state index >= 15 is 0 Å². The Balaban J connectivity index is 1.62. The molecule has 12 nitrogen and oxygen atoms in total. The summed E-state index contributed by atoms with van der Waals surface area (Å²) in [7, 11) is 0. The summed E-state index contributed by atoms with van der Waals surface area (Å²) in [5.74, 6) is -1.22. The molecule has 2 amide bonds. The molecule has 0 radical (unpaired) electrons. The first-order chi connectivity index (χ1) is 15.4. The topological polar surface area (TPSA) is 160 Å². The minimum Gasteiger partial charge on any atom is -0.484 e. The number of para-hydroxylation sites is 1. The fraction of sp³-hybridized carbons (Fsp3) is 0.0526. The molecule has 1 aromatic heterocycles. The Labute approximate surface area is 189 Å². The number of hydrogen-bond acceptors (Lipinski definition) is 9. The van der Waals surface area contributed by atoms with Crippen molar-refractivity contribution in [1.82, 2.24) is 20.8 Å². The highest BCUT2D eigenvalue weighted by atomic mass is 79.9. The molecule has 3 rings (SSSR count). The molecule has 0 atom stereocenters. The molecule has 0 aliphatic rings. The summed E-state index contributed by atoms with van der Waals surface area (Å²) in [5.41, 5.74) is 9.08. The van der Waals surface area contributed by atoms with Crippen LogP contribution in [0.5, 0.6) is 5.75 Å². The van der Waals surface area contributed by atoms with Crippen LogP contribution in [0.4, 0.5) is 17.3 Å². The second-order valence-corrected chi connectivity index (χ2v) is 6.95. The summed E-state index contributed by atoms with van der Waals surface area (Å²) in [6.07, 6.45) is 1.02. The van der Waals surface area contributed by atoms with Crippen molar-refractivity contribution in [3.05, 3.63) is 81.1 Å². The lowest BCUT2D eigenvalue weighted by Crippen LogP contribution is -2.34. The molecule has 0 saturated carbocycles. The van der Waals surface area contributed by atoms with Gasteiger partial charge in [0.15, 0.2) is 6.61 Å². The first-order valence-corrected chi connectivity index (χ1v) is 9.77. The maximum absolute atomic E-state index is 12.2. The third kappa shape index (κ3) is 6.12. The van der Waals surface area contributed by atoms with Gasteiger partial charge in [-0.05, 0) is 36.4 Å². The van der Waals surface area contributed by atoms with E-state index < -0.39 is 22.4 Å². The average molecular weight is 502 g/mol. The van der Waals surface area contributed by atoms with Crippen molar-refractivity contribution in [3.8, 4) is 5.75 Å². The summed E-state index contributed by atoms with van der Waals surface area (Å²) >= 11 is 3.27. The van der Waals surface area contributed by atoms with Crippen LogP contribution < -0.4 is 26.4 Å². The van der Waals surface area contributed by atoms with Crippen molar-refractivity contribution < 1.29 is 19.2 Å². The minimum atomic E-state index is -0.761. The highest BCUT2D eigenvalue weighted by Crippen LogP contribution is 2.27. The second kappa shape index (κ2) is 10.7. The predicted octanol–water partition coefficient (Wildman–Crippen LogP) is 2.43. The average Bonchev–Trinajstić information content (AvgIpc) is 2.80. The summed E-state index contributed by atoms with van der Waals surface area (Å²) in [6, 6.07) is 15.1. The Morgan fingerprint density at radius 3 is 2.22 bits per heavy atom. The van der Waals surface area contributed by atoms with E-state index in [9.17, 15) is 19.7 Å². The standard InChI is InChI=1S/C19H16BrN7O5/c20-13-8-6-12(7-9-13)19(29)26-25-18-16(27(30)31)17(21-11-22-18)24-23-15(28)10-32-14-4-2-1-3-5-14/h1-9,11H,10H2,(H,23,28)(H,26,29)(H2,21,22,24,25). The van der Waals surface area contributed by atoms with Crippen LogP contribution in [-0.4, -0.2) is 33.3 Å². The molecule has 0 aliphatic carbocycles. The van der Waals surface area contributed by atoms with E-state index in [-0.39, 0.29) is 18.2 Å². The SMILES string of the molecule is O=C(COc1ccccc1)NNc1ncnc(NNC(=O)c2ccc(Br)cc2)c1[N+](=O)[O-]. The number of carbonyl (C=O) groups is 2. The Bertz CT molecular complexity index is 1110. The number of benzene rings is 2. The third-order valence-electron chi connectivity index (χ3n) is 3.84. The number of amides is 2. The van der Waals surface area contributed by atoms with Crippen molar-refractivity contribution in [1.29, 1.82) is 0 Å². The van der Waals surface area contributed by atoms with Crippen LogP contribution in [0.1, 0.15) is 10.4 Å². The maximum atomic E-state index is 12.2. The Morgan fingerprint density at radius 2 is 1.59 bits per heavy atom. The van der Waals surface area contributed by atoms with Crippen molar-refractivity contribution in [2.45, 2.75) is 0 Å². The summed E-state index contributed by atoms with van der Waals surface area (Å²) in [6.45, 7) is -0.329. The van der Waals surface area contributed by atoms with Gasteiger partial charge in [0, 0.05) is 10.0 Å².